The number of amides is 18. The maximum atomic E-state index is 12.8. The van der Waals surface area contributed by atoms with Crippen LogP contribution >= 0.6 is 0 Å². The van der Waals surface area contributed by atoms with E-state index in [-0.39, 0.29) is 149 Å². The van der Waals surface area contributed by atoms with Gasteiger partial charge in [-0.25, -0.2) is 37.5 Å². The van der Waals surface area contributed by atoms with Crippen LogP contribution in [0.4, 0.5) is 37.5 Å². The van der Waals surface area contributed by atoms with E-state index in [1.54, 1.807) is 0 Å². The van der Waals surface area contributed by atoms with E-state index in [2.05, 4.69) is 57.6 Å². The van der Waals surface area contributed by atoms with Crippen molar-refractivity contribution in [3.8, 4) is 0 Å². The van der Waals surface area contributed by atoms with Gasteiger partial charge in [0, 0.05) is 75.3 Å². The standard InChI is InChI=1S/2C14H21N3O7S.2C13H19N3O7S.C12H15F2N3O7S.C12H17N3O7S/c1-14(2)5-9(14)11(18)6-15-12(19)10-4-3-8-7-16(10)13(20)17(8)24-25(21,22)23;18-12(9-3-1-2-4-9)7-15-13(19)11-6-5-10-8-16(11)14(20)17(10)24-25(21,22)23;1-7-4-9(7)11(17)5-14-12(18)10-3-2-8-6-15(10)13(19)16(8)23-24(20,21)22;17-11(8-2-1-3-8)6-14-12(18)10-5-4-9-7-15(10)13(19)16(9)23-24(20,21)22;13-12(14)3-7(12)9(18)4-15-10(19)8-2-1-6-5-16(8)11(20)17(6)24-25(21,22)23;16-10(7-1-2-7)5-13-11(17)9-4-3-8-6-14(9)12(18)15(8)22-23(19,20)21/h8-10H,3-7H2,1-2H3,(H,15,19)(H,21,22,23);9-11H,1-8H2,(H,15,19)(H,21,22,23);7-10H,2-6H2,1H3,(H,14,18)(H,20,21,22);8-10H,1-7H2,(H,14,18)(H,20,21,22);6-8H,1-5H2,(H,15,19)(H,21,22,23);7-9H,1-6H2,(H,13,17)(H,19,20,21)/t8-,9?,10+;10-,11+;7?,8-,9?,10+;9-,10+;6-,7?,8+;8-,9+/m111111/s1. The minimum Gasteiger partial charge on any atom is -0.347 e. The van der Waals surface area contributed by atoms with Gasteiger partial charge < -0.3 is 61.3 Å². The molecule has 18 fully saturated rings. The molecule has 0 spiro atoms. The van der Waals surface area contributed by atoms with Crippen LogP contribution < -0.4 is 31.9 Å². The van der Waals surface area contributed by atoms with Gasteiger partial charge in [0.2, 0.25) is 35.4 Å². The molecule has 18 rings (SSSR count). The van der Waals surface area contributed by atoms with Crippen LogP contribution in [0.1, 0.15) is 175 Å². The van der Waals surface area contributed by atoms with Crippen LogP contribution in [-0.2, 0) is 146 Å². The van der Waals surface area contributed by atoms with Gasteiger partial charge in [0.05, 0.1) is 81.4 Å². The summed E-state index contributed by atoms with van der Waals surface area (Å²) in [6.07, 6.45) is 13.1. The highest BCUT2D eigenvalue weighted by Gasteiger charge is 2.62. The van der Waals surface area contributed by atoms with Gasteiger partial charge in [0.25, 0.3) is 5.92 Å². The summed E-state index contributed by atoms with van der Waals surface area (Å²) in [5.74, 6) is -7.78. The zero-order valence-corrected chi connectivity index (χ0v) is 83.3. The van der Waals surface area contributed by atoms with Crippen molar-refractivity contribution in [2.45, 2.75) is 253 Å². The molecular formula is C78H112F2N18O42S6. The fraction of sp³-hybridized carbons (Fsp3) is 0.769. The van der Waals surface area contributed by atoms with E-state index in [4.69, 9.17) is 27.3 Å². The Bertz CT molecular complexity index is 5550. The van der Waals surface area contributed by atoms with E-state index >= 15 is 0 Å². The van der Waals surface area contributed by atoms with E-state index in [9.17, 15) is 146 Å². The number of hydrogen-bond donors (Lipinski definition) is 12. The number of hydrogen-bond acceptors (Lipinski definition) is 36. The van der Waals surface area contributed by atoms with Crippen LogP contribution in [-0.4, -0.2) is 401 Å². The number of Topliss-reactive ketones (excluding diaryl/α,β-unsaturated/α-hetero) is 6. The molecule has 18 amide bonds. The summed E-state index contributed by atoms with van der Waals surface area (Å²) in [4.78, 5) is 225. The van der Waals surface area contributed by atoms with Crippen molar-refractivity contribution < 1.29 is 199 Å². The number of urea groups is 6. The van der Waals surface area contributed by atoms with Crippen molar-refractivity contribution in [2.24, 2.45) is 46.8 Å². The second kappa shape index (κ2) is 44.4. The lowest BCUT2D eigenvalue weighted by Gasteiger charge is -2.29. The Morgan fingerprint density at radius 2 is 0.479 bits per heavy atom. The normalized spacial score (nSPS) is 29.0. The van der Waals surface area contributed by atoms with Gasteiger partial charge in [0.1, 0.15) is 36.3 Å². The molecule has 18 aliphatic rings. The highest BCUT2D eigenvalue weighted by atomic mass is 32.3. The van der Waals surface area contributed by atoms with Gasteiger partial charge in [-0.2, -0.15) is 80.9 Å². The number of nitrogens with zero attached hydrogens (tertiary/aromatic N) is 12. The van der Waals surface area contributed by atoms with Crippen molar-refractivity contribution in [1.29, 1.82) is 0 Å². The van der Waals surface area contributed by atoms with E-state index < -0.39 is 237 Å². The van der Waals surface area contributed by atoms with Gasteiger partial charge in [-0.3, -0.25) is 84.9 Å². The lowest BCUT2D eigenvalue weighted by molar-refractivity contribution is -0.130. The van der Waals surface area contributed by atoms with Crippen LogP contribution in [0.5, 0.6) is 0 Å². The lowest BCUT2D eigenvalue weighted by Crippen LogP contribution is -2.51. The Kier molecular flexibility index (Phi) is 34.3. The summed E-state index contributed by atoms with van der Waals surface area (Å²) in [6, 6.07) is -13.1. The SMILES string of the molecule is CC1(C)CC1C(=O)CNC(=O)[C@@H]1CC[C@@H]2CN1C(=O)N2OS(=O)(=O)O.CC1CC1C(=O)CNC(=O)[C@@H]1CC[C@@H]2CN1C(=O)N2OS(=O)(=O)O.O=C(CNC(=O)[C@@H]1CC[C@@H]2CN1C(=O)N2OS(=O)(=O)O)C1CC1.O=C(CNC(=O)[C@@H]1CC[C@@H]2CN1C(=O)N2OS(=O)(=O)O)C1CC1(F)F.O=C(CNC(=O)[C@@H]1CC[C@@H]2CN1C(=O)N2OS(=O)(=O)O)C1CCC1.O=C(CNC(=O)[C@@H]1CC[C@@H]2CN1C(=O)N2OS(=O)(=O)O)C1CCCC1. The third kappa shape index (κ3) is 28.4. The fourth-order valence-corrected chi connectivity index (χ4v) is 22.3. The molecule has 12 aliphatic heterocycles. The van der Waals surface area contributed by atoms with E-state index in [0.29, 0.717) is 101 Å². The number of piperidine rings is 6. The molecule has 0 radical (unpaired) electrons. The molecule has 816 valence electrons. The van der Waals surface area contributed by atoms with Crippen molar-refractivity contribution >= 4 is 169 Å². The molecule has 12 N–H and O–H groups in total. The zero-order chi connectivity index (χ0) is 107. The third-order valence-corrected chi connectivity index (χ3v) is 30.6. The van der Waals surface area contributed by atoms with Crippen molar-refractivity contribution in [2.75, 3.05) is 78.5 Å². The van der Waals surface area contributed by atoms with Crippen molar-refractivity contribution in [3.63, 3.8) is 0 Å². The summed E-state index contributed by atoms with van der Waals surface area (Å²) < 4.78 is 233. The Labute approximate surface area is 833 Å². The van der Waals surface area contributed by atoms with Crippen LogP contribution in [0.2, 0.25) is 0 Å². The Morgan fingerprint density at radius 3 is 0.651 bits per heavy atom. The molecule has 6 saturated carbocycles. The molecule has 6 aliphatic carbocycles. The third-order valence-electron chi connectivity index (χ3n) is 28.5. The lowest BCUT2D eigenvalue weighted by atomic mass is 9.82. The Balaban J connectivity index is 0.000000147. The molecule has 16 atom stereocenters. The van der Waals surface area contributed by atoms with Gasteiger partial charge in [0.15, 0.2) is 34.7 Å². The maximum absolute atomic E-state index is 12.8. The summed E-state index contributed by atoms with van der Waals surface area (Å²) in [5.41, 5.74) is -0.0155. The van der Waals surface area contributed by atoms with Crippen LogP contribution in [0.3, 0.4) is 0 Å². The monoisotopic (exact) mass is 2200 g/mol. The number of carbonyl (C=O) groups excluding carboxylic acids is 18. The quantitative estimate of drug-likeness (QED) is 0.0275. The number of rotatable bonds is 36. The van der Waals surface area contributed by atoms with E-state index in [0.717, 1.165) is 75.5 Å². The van der Waals surface area contributed by atoms with E-state index in [1.165, 1.54) is 24.5 Å². The molecule has 68 heteroatoms. The number of carbonyl (C=O) groups is 18. The first kappa shape index (κ1) is 113. The zero-order valence-electron chi connectivity index (χ0n) is 78.4. The molecular weight excluding hydrogens is 2090 g/mol. The Hall–Kier alpha value is -10.5. The van der Waals surface area contributed by atoms with Crippen molar-refractivity contribution in [3.05, 3.63) is 0 Å². The van der Waals surface area contributed by atoms with Gasteiger partial charge >= 0.3 is 98.6 Å². The number of halogens is 2. The molecule has 4 unspecified atom stereocenters. The molecule has 60 nitrogen and oxygen atoms in total. The number of alkyl halides is 2. The van der Waals surface area contributed by atoms with Gasteiger partial charge in [-0.15, -0.1) is 25.7 Å². The maximum Gasteiger partial charge on any atom is 0.418 e. The largest absolute Gasteiger partial charge is 0.418 e. The number of ketones is 6. The predicted octanol–water partition coefficient (Wildman–Crippen LogP) is -3.19. The number of fused-ring (bicyclic) bond motifs is 12. The van der Waals surface area contributed by atoms with Crippen LogP contribution in [0, 0.1) is 46.8 Å². The number of nitrogens with one attached hydrogen (secondary N) is 6. The van der Waals surface area contributed by atoms with Crippen LogP contribution in [0.25, 0.3) is 0 Å². The molecule has 0 aromatic rings. The first-order valence-corrected chi connectivity index (χ1v) is 54.9. The molecule has 12 saturated heterocycles. The highest BCUT2D eigenvalue weighted by molar-refractivity contribution is 7.82. The second-order valence-electron chi connectivity index (χ2n) is 39.1. The first-order chi connectivity index (χ1) is 67.9. The molecule has 12 bridgehead atoms. The summed E-state index contributed by atoms with van der Waals surface area (Å²) >= 11 is 0. The van der Waals surface area contributed by atoms with Crippen molar-refractivity contribution in [1.82, 2.24) is 91.7 Å². The average Bonchev–Trinajstić information content (AvgIpc) is 1.66. The molecule has 12 heterocycles. The van der Waals surface area contributed by atoms with Gasteiger partial charge in [-0.1, -0.05) is 40.0 Å². The second-order valence-corrected chi connectivity index (χ2v) is 45.2. The summed E-state index contributed by atoms with van der Waals surface area (Å²) in [6.45, 7) is 5.69. The summed E-state index contributed by atoms with van der Waals surface area (Å²) in [7, 11) is -29.0. The van der Waals surface area contributed by atoms with Crippen LogP contribution in [0.15, 0.2) is 0 Å². The Morgan fingerprint density at radius 1 is 0.295 bits per heavy atom. The van der Waals surface area contributed by atoms with E-state index in [1.807, 2.05) is 20.8 Å². The van der Waals surface area contributed by atoms with Gasteiger partial charge in [-0.05, 0) is 140 Å². The minimum atomic E-state index is -4.89. The smallest absolute Gasteiger partial charge is 0.347 e. The molecule has 0 aromatic heterocycles. The molecule has 0 aromatic carbocycles. The highest BCUT2D eigenvalue weighted by Crippen LogP contribution is 2.52. The first-order valence-electron chi connectivity index (χ1n) is 46.8. The summed E-state index contributed by atoms with van der Waals surface area (Å²) in [5, 5.41) is 18.4. The average molecular weight is 2200 g/mol. The topological polar surface area (TPSA) is 800 Å². The number of hydroxylamine groups is 12. The fourth-order valence-electron chi connectivity index (χ4n) is 19.9. The molecule has 146 heavy (non-hydrogen) atoms. The predicted molar refractivity (Wildman–Crippen MR) is 473 cm³/mol. The minimum absolute atomic E-state index is 0.00107.